The number of anilines is 3. The number of nitrogens with one attached hydrogen (secondary N) is 1. The Morgan fingerprint density at radius 3 is 2.62 bits per heavy atom. The zero-order chi connectivity index (χ0) is 21.3. The van der Waals surface area contributed by atoms with Crippen molar-refractivity contribution < 1.29 is 18.9 Å². The maximum absolute atomic E-state index is 13.6. The number of hydrogen-bond acceptors (Lipinski definition) is 5. The smallest absolute Gasteiger partial charge is 0.306 e. The van der Waals surface area contributed by atoms with Crippen LogP contribution < -0.4 is 15.1 Å². The van der Waals surface area contributed by atoms with Gasteiger partial charge in [0.25, 0.3) is 0 Å². The van der Waals surface area contributed by atoms with E-state index in [0.29, 0.717) is 5.69 Å². The van der Waals surface area contributed by atoms with Gasteiger partial charge in [-0.05, 0) is 42.8 Å². The summed E-state index contributed by atoms with van der Waals surface area (Å²) in [7, 11) is 3.84. The van der Waals surface area contributed by atoms with E-state index in [4.69, 9.17) is 0 Å². The van der Waals surface area contributed by atoms with Crippen LogP contribution in [0.15, 0.2) is 36.4 Å². The van der Waals surface area contributed by atoms with E-state index in [9.17, 15) is 24.1 Å². The summed E-state index contributed by atoms with van der Waals surface area (Å²) in [5.74, 6) is -2.24. The summed E-state index contributed by atoms with van der Waals surface area (Å²) in [6, 6.07) is 8.89. The second kappa shape index (κ2) is 7.86. The number of aryl methyl sites for hydroxylation is 1. The van der Waals surface area contributed by atoms with Crippen molar-refractivity contribution in [3.8, 4) is 0 Å². The van der Waals surface area contributed by atoms with Crippen molar-refractivity contribution in [1.29, 1.82) is 0 Å². The third kappa shape index (κ3) is 4.18. The van der Waals surface area contributed by atoms with Gasteiger partial charge in [0.1, 0.15) is 0 Å². The van der Waals surface area contributed by atoms with Crippen molar-refractivity contribution in [3.63, 3.8) is 0 Å². The van der Waals surface area contributed by atoms with Crippen molar-refractivity contribution in [2.45, 2.75) is 13.3 Å². The van der Waals surface area contributed by atoms with Gasteiger partial charge in [-0.3, -0.25) is 19.7 Å². The van der Waals surface area contributed by atoms with Crippen LogP contribution in [0.1, 0.15) is 12.0 Å². The summed E-state index contributed by atoms with van der Waals surface area (Å²) in [6.45, 7) is 1.95. The lowest BCUT2D eigenvalue weighted by molar-refractivity contribution is -0.387. The second-order valence-electron chi connectivity index (χ2n) is 7.18. The van der Waals surface area contributed by atoms with E-state index in [-0.39, 0.29) is 30.5 Å². The molecule has 0 aromatic heterocycles. The van der Waals surface area contributed by atoms with Crippen LogP contribution >= 0.6 is 0 Å². The maximum atomic E-state index is 13.6. The summed E-state index contributed by atoms with van der Waals surface area (Å²) in [5, 5.41) is 13.8. The number of benzene rings is 2. The number of carbonyl (C=O) groups is 2. The van der Waals surface area contributed by atoms with Crippen LogP contribution in [0.2, 0.25) is 0 Å². The molecule has 29 heavy (non-hydrogen) atoms. The number of nitro benzene ring substituents is 1. The number of carbonyl (C=O) groups excluding carboxylic acids is 2. The van der Waals surface area contributed by atoms with Crippen LogP contribution in [-0.2, 0) is 9.59 Å². The predicted molar refractivity (Wildman–Crippen MR) is 108 cm³/mol. The predicted octanol–water partition coefficient (Wildman–Crippen LogP) is 3.10. The Kier molecular flexibility index (Phi) is 5.49. The molecule has 1 aliphatic rings. The van der Waals surface area contributed by atoms with Gasteiger partial charge in [0.05, 0.1) is 16.5 Å². The Balaban J connectivity index is 1.74. The molecule has 0 radical (unpaired) electrons. The fourth-order valence-corrected chi connectivity index (χ4v) is 3.24. The standard InChI is InChI=1S/C20H21FN4O4/c1-12-8-14(23(2)3)5-7-17(12)22-20(27)13-9-19(26)24(11-13)15-4-6-16(21)18(10-15)25(28)29/h4-8,10,13H,9,11H2,1-3H3,(H,22,27). The molecule has 8 nitrogen and oxygen atoms in total. The molecular weight excluding hydrogens is 379 g/mol. The monoisotopic (exact) mass is 400 g/mol. The molecule has 0 bridgehead atoms. The summed E-state index contributed by atoms with van der Waals surface area (Å²) in [5.41, 5.74) is 2.04. The van der Waals surface area contributed by atoms with E-state index >= 15 is 0 Å². The maximum Gasteiger partial charge on any atom is 0.306 e. The first-order chi connectivity index (χ1) is 13.7. The summed E-state index contributed by atoms with van der Waals surface area (Å²) >= 11 is 0. The molecule has 2 amide bonds. The first-order valence-electron chi connectivity index (χ1n) is 9.00. The van der Waals surface area contributed by atoms with Gasteiger partial charge in [0.15, 0.2) is 0 Å². The number of halogens is 1. The molecule has 0 aliphatic carbocycles. The number of amides is 2. The first-order valence-corrected chi connectivity index (χ1v) is 9.00. The normalized spacial score (nSPS) is 16.1. The highest BCUT2D eigenvalue weighted by Gasteiger charge is 2.36. The molecule has 1 atom stereocenters. The Hall–Kier alpha value is -3.49. The minimum absolute atomic E-state index is 0.0220. The average molecular weight is 400 g/mol. The molecule has 0 spiro atoms. The van der Waals surface area contributed by atoms with Gasteiger partial charge in [0.2, 0.25) is 17.6 Å². The van der Waals surface area contributed by atoms with Crippen LogP contribution in [-0.4, -0.2) is 37.4 Å². The number of nitro groups is 1. The topological polar surface area (TPSA) is 95.8 Å². The lowest BCUT2D eigenvalue weighted by Crippen LogP contribution is -2.28. The minimum Gasteiger partial charge on any atom is -0.378 e. The Morgan fingerprint density at radius 1 is 1.28 bits per heavy atom. The molecule has 1 fully saturated rings. The van der Waals surface area contributed by atoms with E-state index in [1.54, 1.807) is 6.07 Å². The van der Waals surface area contributed by atoms with Crippen molar-refractivity contribution in [2.24, 2.45) is 5.92 Å². The molecule has 152 valence electrons. The van der Waals surface area contributed by atoms with E-state index in [0.717, 1.165) is 23.4 Å². The Morgan fingerprint density at radius 2 is 2.00 bits per heavy atom. The number of nitrogens with zero attached hydrogens (tertiary/aromatic N) is 3. The molecule has 9 heteroatoms. The van der Waals surface area contributed by atoms with E-state index in [1.807, 2.05) is 38.1 Å². The van der Waals surface area contributed by atoms with Crippen LogP contribution in [0.4, 0.5) is 27.1 Å². The van der Waals surface area contributed by atoms with Crippen LogP contribution in [0, 0.1) is 28.8 Å². The van der Waals surface area contributed by atoms with Gasteiger partial charge in [-0.25, -0.2) is 0 Å². The summed E-state index contributed by atoms with van der Waals surface area (Å²) in [6.07, 6.45) is -0.0220. The van der Waals surface area contributed by atoms with Crippen molar-refractivity contribution in [2.75, 3.05) is 35.8 Å². The highest BCUT2D eigenvalue weighted by Crippen LogP contribution is 2.30. The van der Waals surface area contributed by atoms with Gasteiger partial charge in [-0.2, -0.15) is 4.39 Å². The van der Waals surface area contributed by atoms with Gasteiger partial charge >= 0.3 is 5.69 Å². The fraction of sp³-hybridized carbons (Fsp3) is 0.300. The van der Waals surface area contributed by atoms with Crippen LogP contribution in [0.5, 0.6) is 0 Å². The molecule has 1 unspecified atom stereocenters. The second-order valence-corrected chi connectivity index (χ2v) is 7.18. The van der Waals surface area contributed by atoms with Crippen molar-refractivity contribution >= 4 is 34.6 Å². The quantitative estimate of drug-likeness (QED) is 0.615. The SMILES string of the molecule is Cc1cc(N(C)C)ccc1NC(=O)C1CC(=O)N(c2ccc(F)c([N+](=O)[O-])c2)C1. The zero-order valence-electron chi connectivity index (χ0n) is 16.3. The number of rotatable bonds is 5. The Bertz CT molecular complexity index is 992. The number of hydrogen-bond donors (Lipinski definition) is 1. The summed E-state index contributed by atoms with van der Waals surface area (Å²) < 4.78 is 13.6. The Labute approximate surface area is 167 Å². The lowest BCUT2D eigenvalue weighted by atomic mass is 10.1. The van der Waals surface area contributed by atoms with Gasteiger partial charge in [-0.1, -0.05) is 0 Å². The third-order valence-corrected chi connectivity index (χ3v) is 4.92. The average Bonchev–Trinajstić information content (AvgIpc) is 3.05. The third-order valence-electron chi connectivity index (χ3n) is 4.92. The molecule has 2 aromatic rings. The largest absolute Gasteiger partial charge is 0.378 e. The molecule has 0 saturated carbocycles. The summed E-state index contributed by atoms with van der Waals surface area (Å²) in [4.78, 5) is 38.4. The molecule has 1 N–H and O–H groups in total. The van der Waals surface area contributed by atoms with E-state index < -0.39 is 22.3 Å². The zero-order valence-corrected chi connectivity index (χ0v) is 16.3. The van der Waals surface area contributed by atoms with Crippen LogP contribution in [0.3, 0.4) is 0 Å². The highest BCUT2D eigenvalue weighted by molar-refractivity contribution is 6.03. The lowest BCUT2D eigenvalue weighted by Gasteiger charge is -2.18. The van der Waals surface area contributed by atoms with Crippen molar-refractivity contribution in [3.05, 3.63) is 57.9 Å². The fourth-order valence-electron chi connectivity index (χ4n) is 3.24. The molecule has 3 rings (SSSR count). The van der Waals surface area contributed by atoms with Gasteiger partial charge in [0, 0.05) is 44.5 Å². The highest BCUT2D eigenvalue weighted by atomic mass is 19.1. The molecule has 2 aromatic carbocycles. The molecular formula is C20H21FN4O4. The van der Waals surface area contributed by atoms with Crippen molar-refractivity contribution in [1.82, 2.24) is 0 Å². The van der Waals surface area contributed by atoms with E-state index in [1.165, 1.54) is 11.0 Å². The first kappa shape index (κ1) is 20.2. The molecule has 1 saturated heterocycles. The minimum atomic E-state index is -0.976. The van der Waals surface area contributed by atoms with Gasteiger partial charge < -0.3 is 15.1 Å². The van der Waals surface area contributed by atoms with E-state index in [2.05, 4.69) is 5.32 Å². The van der Waals surface area contributed by atoms with Crippen LogP contribution in [0.25, 0.3) is 0 Å². The van der Waals surface area contributed by atoms with Gasteiger partial charge in [-0.15, -0.1) is 0 Å². The molecule has 1 heterocycles. The molecule has 1 aliphatic heterocycles.